The van der Waals surface area contributed by atoms with E-state index in [2.05, 4.69) is 5.32 Å². The Morgan fingerprint density at radius 3 is 2.60 bits per heavy atom. The van der Waals surface area contributed by atoms with Crippen LogP contribution in [0.4, 0.5) is 4.79 Å². The minimum Gasteiger partial charge on any atom is -0.481 e. The Morgan fingerprint density at radius 1 is 1.40 bits per heavy atom. The van der Waals surface area contributed by atoms with Gasteiger partial charge in [0.25, 0.3) is 0 Å². The molecule has 1 aliphatic heterocycles. The third kappa shape index (κ3) is 3.06. The van der Waals surface area contributed by atoms with Crippen molar-refractivity contribution in [3.63, 3.8) is 0 Å². The van der Waals surface area contributed by atoms with Gasteiger partial charge in [0.2, 0.25) is 0 Å². The van der Waals surface area contributed by atoms with Crippen molar-refractivity contribution in [3.8, 4) is 0 Å². The predicted molar refractivity (Wildman–Crippen MR) is 73.4 cm³/mol. The van der Waals surface area contributed by atoms with Gasteiger partial charge in [-0.15, -0.1) is 0 Å². The van der Waals surface area contributed by atoms with Crippen LogP contribution < -0.4 is 5.32 Å². The highest BCUT2D eigenvalue weighted by atomic mass is 16.5. The van der Waals surface area contributed by atoms with Crippen LogP contribution in [0, 0.1) is 11.8 Å². The minimum atomic E-state index is -0.897. The molecule has 1 aliphatic carbocycles. The topological polar surface area (TPSA) is 78.9 Å². The summed E-state index contributed by atoms with van der Waals surface area (Å²) in [6.45, 7) is 4.86. The van der Waals surface area contributed by atoms with E-state index in [9.17, 15) is 14.7 Å². The third-order valence-corrected chi connectivity index (χ3v) is 4.58. The first-order valence-electron chi connectivity index (χ1n) is 7.42. The molecule has 20 heavy (non-hydrogen) atoms. The van der Waals surface area contributed by atoms with Crippen LogP contribution >= 0.6 is 0 Å². The van der Waals surface area contributed by atoms with E-state index < -0.39 is 11.9 Å². The first-order chi connectivity index (χ1) is 9.54. The number of amides is 2. The van der Waals surface area contributed by atoms with Crippen molar-refractivity contribution in [2.45, 2.75) is 45.2 Å². The van der Waals surface area contributed by atoms with Gasteiger partial charge in [0.05, 0.1) is 19.3 Å². The summed E-state index contributed by atoms with van der Waals surface area (Å²) in [6, 6.07) is -0.393. The van der Waals surface area contributed by atoms with Crippen LogP contribution in [0.15, 0.2) is 0 Å². The Morgan fingerprint density at radius 2 is 2.10 bits per heavy atom. The Labute approximate surface area is 119 Å². The highest BCUT2D eigenvalue weighted by Crippen LogP contribution is 2.29. The zero-order chi connectivity index (χ0) is 14.7. The van der Waals surface area contributed by atoms with E-state index >= 15 is 0 Å². The summed E-state index contributed by atoms with van der Waals surface area (Å²) in [5.74, 6) is -0.960. The summed E-state index contributed by atoms with van der Waals surface area (Å²) in [4.78, 5) is 25.2. The number of nitrogens with zero attached hydrogens (tertiary/aromatic N) is 1. The van der Waals surface area contributed by atoms with Gasteiger partial charge in [-0.1, -0.05) is 6.42 Å². The molecule has 114 valence electrons. The van der Waals surface area contributed by atoms with Gasteiger partial charge in [-0.05, 0) is 32.6 Å². The molecule has 0 aromatic heterocycles. The lowest BCUT2D eigenvalue weighted by Crippen LogP contribution is -2.53. The van der Waals surface area contributed by atoms with E-state index in [1.54, 1.807) is 4.90 Å². The SMILES string of the molecule is CCN(C(=O)NC(C)C1CCC1)C1COCC1C(=O)O. The van der Waals surface area contributed by atoms with Gasteiger partial charge in [-0.3, -0.25) is 4.79 Å². The third-order valence-electron chi connectivity index (χ3n) is 4.58. The maximum absolute atomic E-state index is 12.4. The second-order valence-corrected chi connectivity index (χ2v) is 5.76. The lowest BCUT2D eigenvalue weighted by Gasteiger charge is -2.35. The number of nitrogens with one attached hydrogen (secondary N) is 1. The fourth-order valence-electron chi connectivity index (χ4n) is 2.95. The van der Waals surface area contributed by atoms with Crippen LogP contribution in [0.3, 0.4) is 0 Å². The minimum absolute atomic E-state index is 0.149. The molecule has 1 saturated heterocycles. The maximum atomic E-state index is 12.4. The zero-order valence-corrected chi connectivity index (χ0v) is 12.2. The number of carboxylic acid groups (broad SMARTS) is 1. The number of aliphatic carboxylic acids is 1. The lowest BCUT2D eigenvalue weighted by molar-refractivity contribution is -0.142. The van der Waals surface area contributed by atoms with Crippen molar-refractivity contribution < 1.29 is 19.4 Å². The number of carbonyl (C=O) groups is 2. The van der Waals surface area contributed by atoms with Crippen LogP contribution in [-0.4, -0.2) is 53.8 Å². The van der Waals surface area contributed by atoms with Crippen molar-refractivity contribution in [3.05, 3.63) is 0 Å². The first kappa shape index (κ1) is 15.1. The molecule has 2 amide bonds. The molecule has 0 aromatic carbocycles. The number of ether oxygens (including phenoxy) is 1. The molecule has 3 atom stereocenters. The smallest absolute Gasteiger partial charge is 0.317 e. The van der Waals surface area contributed by atoms with Crippen molar-refractivity contribution in [2.75, 3.05) is 19.8 Å². The van der Waals surface area contributed by atoms with Crippen LogP contribution in [0.2, 0.25) is 0 Å². The van der Waals surface area contributed by atoms with Gasteiger partial charge in [-0.25, -0.2) is 4.79 Å². The summed E-state index contributed by atoms with van der Waals surface area (Å²) in [7, 11) is 0. The molecule has 1 saturated carbocycles. The van der Waals surface area contributed by atoms with Gasteiger partial charge in [-0.2, -0.15) is 0 Å². The molecule has 2 aliphatic rings. The van der Waals surface area contributed by atoms with Crippen LogP contribution in [0.5, 0.6) is 0 Å². The van der Waals surface area contributed by atoms with E-state index in [4.69, 9.17) is 4.74 Å². The monoisotopic (exact) mass is 284 g/mol. The summed E-state index contributed by atoms with van der Waals surface area (Å²) in [5.41, 5.74) is 0. The van der Waals surface area contributed by atoms with E-state index in [0.717, 1.165) is 12.8 Å². The summed E-state index contributed by atoms with van der Waals surface area (Å²) in [5, 5.41) is 12.2. The van der Waals surface area contributed by atoms with E-state index in [0.29, 0.717) is 19.1 Å². The average Bonchev–Trinajstić information content (AvgIpc) is 2.76. The molecule has 0 aromatic rings. The number of hydrogen-bond acceptors (Lipinski definition) is 3. The van der Waals surface area contributed by atoms with Gasteiger partial charge in [0.1, 0.15) is 5.92 Å². The van der Waals surface area contributed by atoms with Gasteiger partial charge in [0.15, 0.2) is 0 Å². The number of carbonyl (C=O) groups excluding carboxylic acids is 1. The summed E-state index contributed by atoms with van der Waals surface area (Å²) < 4.78 is 5.25. The van der Waals surface area contributed by atoms with Crippen molar-refractivity contribution in [1.82, 2.24) is 10.2 Å². The number of likely N-dealkylation sites (N-methyl/N-ethyl adjacent to an activating group) is 1. The van der Waals surface area contributed by atoms with Crippen LogP contribution in [0.1, 0.15) is 33.1 Å². The lowest BCUT2D eigenvalue weighted by atomic mass is 9.80. The molecule has 2 fully saturated rings. The van der Waals surface area contributed by atoms with Crippen LogP contribution in [-0.2, 0) is 9.53 Å². The Hall–Kier alpha value is -1.30. The molecule has 6 nitrogen and oxygen atoms in total. The highest BCUT2D eigenvalue weighted by Gasteiger charge is 2.40. The van der Waals surface area contributed by atoms with Gasteiger partial charge in [0, 0.05) is 12.6 Å². The molecule has 1 heterocycles. The highest BCUT2D eigenvalue weighted by molar-refractivity contribution is 5.77. The van der Waals surface area contributed by atoms with Crippen molar-refractivity contribution in [1.29, 1.82) is 0 Å². The zero-order valence-electron chi connectivity index (χ0n) is 12.2. The van der Waals surface area contributed by atoms with Crippen molar-refractivity contribution in [2.24, 2.45) is 11.8 Å². The summed E-state index contributed by atoms with van der Waals surface area (Å²) >= 11 is 0. The van der Waals surface area contributed by atoms with Crippen LogP contribution in [0.25, 0.3) is 0 Å². The Kier molecular flexibility index (Phi) is 4.86. The number of urea groups is 1. The largest absolute Gasteiger partial charge is 0.481 e. The molecule has 2 N–H and O–H groups in total. The second kappa shape index (κ2) is 6.43. The average molecular weight is 284 g/mol. The summed E-state index contributed by atoms with van der Waals surface area (Å²) in [6.07, 6.45) is 3.57. The van der Waals surface area contributed by atoms with Gasteiger partial charge < -0.3 is 20.1 Å². The van der Waals surface area contributed by atoms with Crippen molar-refractivity contribution >= 4 is 12.0 Å². The molecule has 0 bridgehead atoms. The van der Waals surface area contributed by atoms with E-state index in [1.807, 2.05) is 13.8 Å². The quantitative estimate of drug-likeness (QED) is 0.797. The van der Waals surface area contributed by atoms with E-state index in [-0.39, 0.29) is 24.7 Å². The molecule has 6 heteroatoms. The number of rotatable bonds is 5. The van der Waals surface area contributed by atoms with E-state index in [1.165, 1.54) is 6.42 Å². The predicted octanol–water partition coefficient (Wildman–Crippen LogP) is 1.31. The fourth-order valence-corrected chi connectivity index (χ4v) is 2.95. The molecule has 0 radical (unpaired) electrons. The normalized spacial score (nSPS) is 27.7. The molecular weight excluding hydrogens is 260 g/mol. The fraction of sp³-hybridized carbons (Fsp3) is 0.857. The Bertz CT molecular complexity index is 370. The Balaban J connectivity index is 1.95. The molecular formula is C14H24N2O4. The second-order valence-electron chi connectivity index (χ2n) is 5.76. The molecule has 2 rings (SSSR count). The molecule has 3 unspecified atom stereocenters. The van der Waals surface area contributed by atoms with Gasteiger partial charge >= 0.3 is 12.0 Å². The standard InChI is InChI=1S/C14H24N2O4/c1-3-16(12-8-20-7-11(12)13(17)18)14(19)15-9(2)10-5-4-6-10/h9-12H,3-8H2,1-2H3,(H,15,19)(H,17,18). The molecule has 0 spiro atoms. The maximum Gasteiger partial charge on any atom is 0.317 e. The first-order valence-corrected chi connectivity index (χ1v) is 7.42. The number of carboxylic acids is 1. The number of hydrogen-bond donors (Lipinski definition) is 2.